The number of imidazole rings is 1. The van der Waals surface area contributed by atoms with Gasteiger partial charge < -0.3 is 14.6 Å². The molecule has 1 saturated carbocycles. The number of carbonyl (C=O) groups is 1. The second-order valence-corrected chi connectivity index (χ2v) is 7.47. The van der Waals surface area contributed by atoms with E-state index in [1.165, 1.54) is 19.3 Å². The van der Waals surface area contributed by atoms with Gasteiger partial charge in [-0.2, -0.15) is 0 Å². The molecule has 1 unspecified atom stereocenters. The van der Waals surface area contributed by atoms with Crippen LogP contribution in [0.3, 0.4) is 0 Å². The minimum Gasteiger partial charge on any atom is -0.449 e. The van der Waals surface area contributed by atoms with Gasteiger partial charge in [0.2, 0.25) is 0 Å². The van der Waals surface area contributed by atoms with Crippen molar-refractivity contribution >= 4 is 6.09 Å². The summed E-state index contributed by atoms with van der Waals surface area (Å²) >= 11 is 0. The highest BCUT2D eigenvalue weighted by atomic mass is 16.6. The molecule has 2 aliphatic rings. The number of aromatic nitrogens is 2. The molecule has 3 atom stereocenters. The van der Waals surface area contributed by atoms with E-state index in [1.807, 2.05) is 11.1 Å². The molecule has 1 aliphatic carbocycles. The Morgan fingerprint density at radius 2 is 1.96 bits per heavy atom. The molecular weight excluding hydrogens is 304 g/mol. The third-order valence-electron chi connectivity index (χ3n) is 5.76. The van der Waals surface area contributed by atoms with Gasteiger partial charge >= 0.3 is 6.09 Å². The van der Waals surface area contributed by atoms with Crippen molar-refractivity contribution in [1.82, 2.24) is 19.8 Å². The first-order valence-corrected chi connectivity index (χ1v) is 9.25. The number of carbonyl (C=O) groups excluding carboxylic acids is 1. The lowest BCUT2D eigenvalue weighted by molar-refractivity contribution is 0.0371. The Kier molecular flexibility index (Phi) is 5.76. The third kappa shape index (κ3) is 4.29. The minimum absolute atomic E-state index is 0.138. The molecule has 0 radical (unpaired) electrons. The number of ether oxygens (including phenoxy) is 1. The Bertz CT molecular complexity index is 501. The first-order valence-electron chi connectivity index (χ1n) is 9.25. The van der Waals surface area contributed by atoms with Crippen LogP contribution in [0.1, 0.15) is 38.8 Å². The van der Waals surface area contributed by atoms with Gasteiger partial charge in [0.15, 0.2) is 0 Å². The molecule has 134 valence electrons. The summed E-state index contributed by atoms with van der Waals surface area (Å²) in [6, 6.07) is 0. The Labute approximate surface area is 144 Å². The second-order valence-electron chi connectivity index (χ2n) is 7.47. The molecule has 2 heterocycles. The van der Waals surface area contributed by atoms with Crippen LogP contribution >= 0.6 is 0 Å². The fourth-order valence-electron chi connectivity index (χ4n) is 4.04. The summed E-state index contributed by atoms with van der Waals surface area (Å²) in [5.74, 6) is 1.84. The quantitative estimate of drug-likeness (QED) is 0.920. The molecule has 6 heteroatoms. The maximum absolute atomic E-state index is 12.3. The SMILES string of the molecule is C[C@@H]1CCC[C@H](C)C1COC(=O)N1CCN(Cc2cnc[nH]2)CC1. The lowest BCUT2D eigenvalue weighted by Crippen LogP contribution is -2.48. The van der Waals surface area contributed by atoms with Crippen LogP contribution in [0.4, 0.5) is 4.79 Å². The van der Waals surface area contributed by atoms with E-state index in [1.54, 1.807) is 6.33 Å². The second kappa shape index (κ2) is 8.01. The van der Waals surface area contributed by atoms with Crippen LogP contribution < -0.4 is 0 Å². The number of piperazine rings is 1. The molecule has 2 fully saturated rings. The van der Waals surface area contributed by atoms with Crippen LogP contribution in [0, 0.1) is 17.8 Å². The van der Waals surface area contributed by atoms with Crippen molar-refractivity contribution in [3.05, 3.63) is 18.2 Å². The van der Waals surface area contributed by atoms with Gasteiger partial charge in [0.25, 0.3) is 0 Å². The van der Waals surface area contributed by atoms with Crippen LogP contribution in [0.25, 0.3) is 0 Å². The number of amides is 1. The molecule has 1 aliphatic heterocycles. The van der Waals surface area contributed by atoms with Crippen molar-refractivity contribution in [2.45, 2.75) is 39.7 Å². The average Bonchev–Trinajstić information content (AvgIpc) is 3.08. The van der Waals surface area contributed by atoms with Crippen molar-refractivity contribution in [3.8, 4) is 0 Å². The summed E-state index contributed by atoms with van der Waals surface area (Å²) < 4.78 is 5.66. The summed E-state index contributed by atoms with van der Waals surface area (Å²) in [6.07, 6.45) is 7.26. The van der Waals surface area contributed by atoms with E-state index in [9.17, 15) is 4.79 Å². The van der Waals surface area contributed by atoms with Crippen LogP contribution in [0.15, 0.2) is 12.5 Å². The van der Waals surface area contributed by atoms with Crippen molar-refractivity contribution in [2.24, 2.45) is 17.8 Å². The molecule has 3 rings (SSSR count). The van der Waals surface area contributed by atoms with Crippen LogP contribution in [-0.4, -0.2) is 58.6 Å². The largest absolute Gasteiger partial charge is 0.449 e. The number of aromatic amines is 1. The van der Waals surface area contributed by atoms with Gasteiger partial charge in [-0.15, -0.1) is 0 Å². The van der Waals surface area contributed by atoms with E-state index < -0.39 is 0 Å². The van der Waals surface area contributed by atoms with E-state index >= 15 is 0 Å². The zero-order valence-electron chi connectivity index (χ0n) is 14.9. The topological polar surface area (TPSA) is 61.5 Å². The first-order chi connectivity index (χ1) is 11.6. The van der Waals surface area contributed by atoms with Crippen molar-refractivity contribution < 1.29 is 9.53 Å². The lowest BCUT2D eigenvalue weighted by atomic mass is 9.74. The fourth-order valence-corrected chi connectivity index (χ4v) is 4.04. The van der Waals surface area contributed by atoms with Gasteiger partial charge in [-0.05, 0) is 17.8 Å². The van der Waals surface area contributed by atoms with Crippen molar-refractivity contribution in [3.63, 3.8) is 0 Å². The van der Waals surface area contributed by atoms with E-state index in [0.29, 0.717) is 24.4 Å². The molecule has 6 nitrogen and oxygen atoms in total. The molecule has 0 spiro atoms. The minimum atomic E-state index is -0.138. The molecule has 0 aromatic carbocycles. The van der Waals surface area contributed by atoms with Gasteiger partial charge in [0, 0.05) is 44.6 Å². The summed E-state index contributed by atoms with van der Waals surface area (Å²) in [7, 11) is 0. The highest BCUT2D eigenvalue weighted by Crippen LogP contribution is 2.34. The van der Waals surface area contributed by atoms with E-state index in [2.05, 4.69) is 28.7 Å². The van der Waals surface area contributed by atoms with Gasteiger partial charge in [0.05, 0.1) is 12.9 Å². The summed E-state index contributed by atoms with van der Waals surface area (Å²) in [5.41, 5.74) is 1.12. The molecule has 1 amide bonds. The maximum atomic E-state index is 12.3. The van der Waals surface area contributed by atoms with Crippen molar-refractivity contribution in [2.75, 3.05) is 32.8 Å². The Hall–Kier alpha value is -1.56. The predicted molar refractivity (Wildman–Crippen MR) is 92.5 cm³/mol. The van der Waals surface area contributed by atoms with Gasteiger partial charge in [-0.25, -0.2) is 9.78 Å². The normalized spacial score (nSPS) is 28.8. The van der Waals surface area contributed by atoms with E-state index in [0.717, 1.165) is 38.4 Å². The smallest absolute Gasteiger partial charge is 0.409 e. The highest BCUT2D eigenvalue weighted by Gasteiger charge is 2.30. The molecule has 1 N–H and O–H groups in total. The average molecular weight is 334 g/mol. The van der Waals surface area contributed by atoms with E-state index in [-0.39, 0.29) is 6.09 Å². The van der Waals surface area contributed by atoms with Crippen LogP contribution in [-0.2, 0) is 11.3 Å². The van der Waals surface area contributed by atoms with Gasteiger partial charge in [-0.1, -0.05) is 33.1 Å². The zero-order valence-corrected chi connectivity index (χ0v) is 14.9. The molecule has 1 aromatic heterocycles. The molecule has 1 aromatic rings. The number of nitrogens with zero attached hydrogens (tertiary/aromatic N) is 3. The number of rotatable bonds is 4. The Morgan fingerprint density at radius 3 is 2.58 bits per heavy atom. The zero-order chi connectivity index (χ0) is 16.9. The first kappa shape index (κ1) is 17.3. The number of H-pyrrole nitrogens is 1. The summed E-state index contributed by atoms with van der Waals surface area (Å²) in [5, 5.41) is 0. The van der Waals surface area contributed by atoms with Crippen LogP contribution in [0.2, 0.25) is 0 Å². The van der Waals surface area contributed by atoms with Gasteiger partial charge in [-0.3, -0.25) is 4.90 Å². The Balaban J connectivity index is 1.40. The van der Waals surface area contributed by atoms with Gasteiger partial charge in [0.1, 0.15) is 0 Å². The Morgan fingerprint density at radius 1 is 1.25 bits per heavy atom. The maximum Gasteiger partial charge on any atom is 0.409 e. The van der Waals surface area contributed by atoms with E-state index in [4.69, 9.17) is 4.74 Å². The predicted octanol–water partition coefficient (Wildman–Crippen LogP) is 2.74. The number of hydrogen-bond acceptors (Lipinski definition) is 4. The molecule has 1 saturated heterocycles. The fraction of sp³-hybridized carbons (Fsp3) is 0.778. The highest BCUT2D eigenvalue weighted by molar-refractivity contribution is 5.67. The number of nitrogens with one attached hydrogen (secondary N) is 1. The van der Waals surface area contributed by atoms with Crippen molar-refractivity contribution in [1.29, 1.82) is 0 Å². The summed E-state index contributed by atoms with van der Waals surface area (Å²) in [6.45, 7) is 9.26. The number of hydrogen-bond donors (Lipinski definition) is 1. The molecular formula is C18H30N4O2. The summed E-state index contributed by atoms with van der Waals surface area (Å²) in [4.78, 5) is 23.7. The molecule has 0 bridgehead atoms. The third-order valence-corrected chi connectivity index (χ3v) is 5.76. The molecule has 24 heavy (non-hydrogen) atoms. The standard InChI is InChI=1S/C18H30N4O2/c1-14-4-3-5-15(2)17(14)12-24-18(23)22-8-6-21(7-9-22)11-16-10-19-13-20-16/h10,13-15,17H,3-9,11-12H2,1-2H3,(H,19,20)/t14-,15+,17?. The lowest BCUT2D eigenvalue weighted by Gasteiger charge is -2.36. The van der Waals surface area contributed by atoms with Crippen LogP contribution in [0.5, 0.6) is 0 Å². The monoisotopic (exact) mass is 334 g/mol.